The number of rotatable bonds is 12. The van der Waals surface area contributed by atoms with Crippen molar-refractivity contribution in [3.63, 3.8) is 0 Å². The van der Waals surface area contributed by atoms with Crippen molar-refractivity contribution >= 4 is 30.0 Å². The zero-order valence-corrected chi connectivity index (χ0v) is 36.0. The average Bonchev–Trinajstić information content (AvgIpc) is 4.13. The third-order valence-corrected chi connectivity index (χ3v) is 11.4. The number of hydrogen-bond acceptors (Lipinski definition) is 11. The quantitative estimate of drug-likeness (QED) is 0.0672. The fourth-order valence-electron chi connectivity index (χ4n) is 7.93. The molecule has 2 aliphatic heterocycles. The smallest absolute Gasteiger partial charge is 0.407 e. The lowest BCUT2D eigenvalue weighted by Gasteiger charge is -2.27. The highest BCUT2D eigenvalue weighted by atomic mass is 16.5. The van der Waals surface area contributed by atoms with Gasteiger partial charge in [0.1, 0.15) is 30.3 Å². The first-order chi connectivity index (χ1) is 31.2. The van der Waals surface area contributed by atoms with Gasteiger partial charge in [-0.05, 0) is 59.9 Å². The second kappa shape index (κ2) is 21.9. The molecule has 17 heteroatoms. The van der Waals surface area contributed by atoms with E-state index in [1.807, 2.05) is 78.9 Å². The summed E-state index contributed by atoms with van der Waals surface area (Å²) >= 11 is 0. The number of likely N-dealkylation sites (tertiary alicyclic amines) is 1. The normalized spacial score (nSPS) is 18.7. The van der Waals surface area contributed by atoms with Gasteiger partial charge in [0.2, 0.25) is 11.8 Å². The van der Waals surface area contributed by atoms with E-state index in [1.54, 1.807) is 17.3 Å². The van der Waals surface area contributed by atoms with Crippen LogP contribution in [0.4, 0.5) is 9.59 Å². The second-order valence-electron chi connectivity index (χ2n) is 15.7. The molecule has 7 rings (SSSR count). The number of H-pyrrole nitrogens is 2. The molecule has 4 heterocycles. The summed E-state index contributed by atoms with van der Waals surface area (Å²) in [6.45, 7) is 1.55. The Morgan fingerprint density at radius 2 is 1.39 bits per heavy atom. The van der Waals surface area contributed by atoms with Gasteiger partial charge in [0.15, 0.2) is 0 Å². The Morgan fingerprint density at radius 3 is 2.06 bits per heavy atom. The second-order valence-corrected chi connectivity index (χ2v) is 15.7. The molecule has 0 aliphatic carbocycles. The number of benzene rings is 3. The van der Waals surface area contributed by atoms with E-state index < -0.39 is 42.2 Å². The minimum Gasteiger partial charge on any atom is -0.461 e. The minimum atomic E-state index is -1.18. The van der Waals surface area contributed by atoms with Gasteiger partial charge in [-0.25, -0.2) is 19.6 Å². The van der Waals surface area contributed by atoms with E-state index in [-0.39, 0.29) is 25.0 Å². The first-order valence-electron chi connectivity index (χ1n) is 21.6. The lowest BCUT2D eigenvalue weighted by atomic mass is 10.0. The molecule has 0 radical (unpaired) electrons. The van der Waals surface area contributed by atoms with E-state index >= 15 is 0 Å². The first kappa shape index (κ1) is 45.0. The van der Waals surface area contributed by atoms with Crippen molar-refractivity contribution in [3.8, 4) is 33.6 Å². The molecule has 5 N–H and O–H groups in total. The maximum atomic E-state index is 13.9. The largest absolute Gasteiger partial charge is 0.461 e. The van der Waals surface area contributed by atoms with E-state index in [1.165, 1.54) is 14.2 Å². The van der Waals surface area contributed by atoms with Gasteiger partial charge >= 0.3 is 18.2 Å². The van der Waals surface area contributed by atoms with Crippen molar-refractivity contribution in [1.82, 2.24) is 40.8 Å². The summed E-state index contributed by atoms with van der Waals surface area (Å²) in [4.78, 5) is 82.0. The van der Waals surface area contributed by atoms with Crippen molar-refractivity contribution in [2.45, 2.75) is 82.1 Å². The van der Waals surface area contributed by atoms with Gasteiger partial charge in [0.25, 0.3) is 0 Å². The summed E-state index contributed by atoms with van der Waals surface area (Å²) in [5.41, 5.74) is 6.20. The molecule has 336 valence electrons. The zero-order valence-electron chi connectivity index (χ0n) is 36.0. The summed E-state index contributed by atoms with van der Waals surface area (Å²) in [5.74, 6) is -0.163. The number of ether oxygens (including phenoxy) is 4. The Morgan fingerprint density at radius 1 is 0.750 bits per heavy atom. The van der Waals surface area contributed by atoms with Gasteiger partial charge in [-0.3, -0.25) is 14.4 Å². The van der Waals surface area contributed by atoms with Crippen LogP contribution in [0.2, 0.25) is 0 Å². The summed E-state index contributed by atoms with van der Waals surface area (Å²) in [6.07, 6.45) is 6.54. The van der Waals surface area contributed by atoms with Gasteiger partial charge < -0.3 is 49.8 Å². The molecule has 2 fully saturated rings. The molecule has 4 atom stereocenters. The van der Waals surface area contributed by atoms with Crippen LogP contribution < -0.4 is 16.0 Å². The van der Waals surface area contributed by atoms with E-state index in [2.05, 4.69) is 35.9 Å². The Hall–Kier alpha value is -7.01. The van der Waals surface area contributed by atoms with Crippen LogP contribution in [0.3, 0.4) is 0 Å². The molecule has 0 bridgehead atoms. The summed E-state index contributed by atoms with van der Waals surface area (Å²) in [7, 11) is 2.47. The number of methoxy groups -OCH3 is 2. The monoisotopic (exact) mass is 874 g/mol. The number of imidazole rings is 2. The van der Waals surface area contributed by atoms with Crippen LogP contribution in [-0.4, -0.2) is 101 Å². The Balaban J connectivity index is 0.981. The number of nitrogens with one attached hydrogen (secondary N) is 5. The van der Waals surface area contributed by atoms with Crippen LogP contribution in [-0.2, 0) is 39.9 Å². The molecule has 1 unspecified atom stereocenters. The summed E-state index contributed by atoms with van der Waals surface area (Å²) in [6, 6.07) is 22.6. The highest BCUT2D eigenvalue weighted by Crippen LogP contribution is 2.33. The van der Waals surface area contributed by atoms with Gasteiger partial charge in [0, 0.05) is 19.8 Å². The Bertz CT molecular complexity index is 2350. The van der Waals surface area contributed by atoms with Gasteiger partial charge in [-0.1, -0.05) is 91.7 Å². The molecule has 2 aliphatic rings. The number of nitrogens with zero attached hydrogens (tertiary/aromatic N) is 3. The van der Waals surface area contributed by atoms with Crippen LogP contribution in [0.5, 0.6) is 0 Å². The zero-order chi connectivity index (χ0) is 44.8. The number of esters is 1. The van der Waals surface area contributed by atoms with Crippen LogP contribution in [0.1, 0.15) is 80.7 Å². The minimum absolute atomic E-state index is 0.0461. The number of carbonyl (C=O) groups excluding carboxylic acids is 5. The van der Waals surface area contributed by atoms with Crippen LogP contribution in [0.25, 0.3) is 33.6 Å². The van der Waals surface area contributed by atoms with Crippen molar-refractivity contribution in [1.29, 1.82) is 0 Å². The third-order valence-electron chi connectivity index (χ3n) is 11.4. The van der Waals surface area contributed by atoms with Gasteiger partial charge in [-0.15, -0.1) is 0 Å². The predicted molar refractivity (Wildman–Crippen MR) is 235 cm³/mol. The molecule has 5 aromatic rings. The number of amides is 4. The predicted octanol–water partition coefficient (Wildman–Crippen LogP) is 6.52. The maximum Gasteiger partial charge on any atom is 0.407 e. The fourth-order valence-corrected chi connectivity index (χ4v) is 7.93. The summed E-state index contributed by atoms with van der Waals surface area (Å²) in [5, 5.41) is 8.24. The molecule has 0 saturated carbocycles. The van der Waals surface area contributed by atoms with Crippen molar-refractivity contribution < 1.29 is 42.9 Å². The fraction of sp³-hybridized carbons (Fsp3) is 0.383. The van der Waals surface area contributed by atoms with Crippen molar-refractivity contribution in [2.24, 2.45) is 0 Å². The van der Waals surface area contributed by atoms with E-state index in [4.69, 9.17) is 18.9 Å². The average molecular weight is 875 g/mol. The van der Waals surface area contributed by atoms with Crippen molar-refractivity contribution in [2.75, 3.05) is 34.0 Å². The molecule has 17 nitrogen and oxygen atoms in total. The molecule has 2 saturated heterocycles. The molecule has 4 amide bonds. The standard InChI is InChI=1S/C47H54N8O9/c1-61-46(59)53-36-12-7-4-8-24-63-25-22-35(52-44(36)57)42-48-27-38(50-42)33-18-14-31(15-19-33)32-16-20-34(21-17-32)39-28-49-43(51-39)40-13-9-23-55(40)45(58)37(54-47(60)62-2)26-41(56)64-29-30-10-5-3-6-11-30/h3,5-6,10-11,14-21,27-28,35-37,40H,4,7-9,12-13,22-26,29H2,1-2H3,(H,48,50)(H,49,51)(H,52,57)(H,53,59)(H,54,60)/t35-,36-,37?,40-/m0/s1. The molecule has 3 aromatic carbocycles. The van der Waals surface area contributed by atoms with E-state index in [0.29, 0.717) is 50.7 Å². The van der Waals surface area contributed by atoms with Gasteiger partial charge in [0.05, 0.1) is 56.5 Å². The Kier molecular flexibility index (Phi) is 15.4. The third kappa shape index (κ3) is 11.7. The number of carbonyl (C=O) groups is 5. The number of hydrogen-bond donors (Lipinski definition) is 5. The number of aromatic nitrogens is 4. The lowest BCUT2D eigenvalue weighted by molar-refractivity contribution is -0.148. The maximum absolute atomic E-state index is 13.9. The highest BCUT2D eigenvalue weighted by molar-refractivity contribution is 5.90. The van der Waals surface area contributed by atoms with Crippen molar-refractivity contribution in [3.05, 3.63) is 108 Å². The molecule has 64 heavy (non-hydrogen) atoms. The first-order valence-corrected chi connectivity index (χ1v) is 21.6. The van der Waals surface area contributed by atoms with E-state index in [9.17, 15) is 24.0 Å². The summed E-state index contributed by atoms with van der Waals surface area (Å²) < 4.78 is 20.8. The number of aromatic amines is 2. The molecule has 0 spiro atoms. The molecular weight excluding hydrogens is 821 g/mol. The van der Waals surface area contributed by atoms with Crippen LogP contribution >= 0.6 is 0 Å². The van der Waals surface area contributed by atoms with Crippen LogP contribution in [0.15, 0.2) is 91.3 Å². The SMILES string of the molecule is COC(=O)NC(CC(=O)OCc1ccccc1)C(=O)N1CCC[C@H]1c1ncc(-c2ccc(-c3ccc(-c4cnc([C@@H]5CCOCCCCC[C@H](NC(=O)OC)C(=O)N5)[nH]4)cc3)cc2)[nH]1. The number of alkyl carbamates (subject to hydrolysis) is 2. The van der Waals surface area contributed by atoms with E-state index in [0.717, 1.165) is 64.9 Å². The topological polar surface area (TPSA) is 219 Å². The molecular formula is C47H54N8O9. The van der Waals surface area contributed by atoms with Gasteiger partial charge in [-0.2, -0.15) is 0 Å². The Labute approximate surface area is 371 Å². The molecule has 2 aromatic heterocycles. The van der Waals surface area contributed by atoms with Crippen LogP contribution in [0, 0.1) is 0 Å². The lowest BCUT2D eigenvalue weighted by Crippen LogP contribution is -2.49. The highest BCUT2D eigenvalue weighted by Gasteiger charge is 2.37.